The molecule has 4 aromatic rings. The number of fused-ring (bicyclic) bond motifs is 2. The van der Waals surface area contributed by atoms with E-state index in [1.165, 1.54) is 6.08 Å². The SMILES string of the molecule is Cc1c(CN(C)C(=O)C=Cc2cnc3c(c2)CN(c2ccccc2)CC(=O)N3)oc2ccccc12.Cl. The molecule has 3 heterocycles. The molecule has 8 heteroatoms. The van der Waals surface area contributed by atoms with Crippen molar-refractivity contribution in [2.45, 2.75) is 20.0 Å². The molecule has 2 amide bonds. The highest BCUT2D eigenvalue weighted by molar-refractivity contribution is 5.95. The van der Waals surface area contributed by atoms with Crippen molar-refractivity contribution in [3.8, 4) is 0 Å². The average molecular weight is 503 g/mol. The number of aromatic nitrogens is 1. The van der Waals surface area contributed by atoms with Crippen LogP contribution in [0.2, 0.25) is 0 Å². The third-order valence-corrected chi connectivity index (χ3v) is 6.18. The lowest BCUT2D eigenvalue weighted by Gasteiger charge is -2.21. The van der Waals surface area contributed by atoms with Crippen LogP contribution in [-0.4, -0.2) is 35.3 Å². The topological polar surface area (TPSA) is 78.7 Å². The predicted molar refractivity (Wildman–Crippen MR) is 144 cm³/mol. The van der Waals surface area contributed by atoms with E-state index >= 15 is 0 Å². The highest BCUT2D eigenvalue weighted by Gasteiger charge is 2.21. The summed E-state index contributed by atoms with van der Waals surface area (Å²) in [6, 6.07) is 19.6. The maximum Gasteiger partial charge on any atom is 0.246 e. The quantitative estimate of drug-likeness (QED) is 0.380. The van der Waals surface area contributed by atoms with Crippen molar-refractivity contribution in [2.75, 3.05) is 23.8 Å². The molecule has 0 fully saturated rings. The minimum absolute atomic E-state index is 0. The first-order valence-electron chi connectivity index (χ1n) is 11.5. The van der Waals surface area contributed by atoms with E-state index in [2.05, 4.69) is 10.3 Å². The number of benzene rings is 2. The zero-order chi connectivity index (χ0) is 24.4. The maximum absolute atomic E-state index is 12.8. The van der Waals surface area contributed by atoms with Crippen LogP contribution in [0.4, 0.5) is 11.5 Å². The number of amides is 2. The summed E-state index contributed by atoms with van der Waals surface area (Å²) in [7, 11) is 1.75. The summed E-state index contributed by atoms with van der Waals surface area (Å²) in [6.07, 6.45) is 4.94. The Kier molecular flexibility index (Phi) is 7.41. The molecule has 0 aliphatic carbocycles. The fourth-order valence-electron chi connectivity index (χ4n) is 4.24. The molecule has 0 saturated carbocycles. The van der Waals surface area contributed by atoms with Crippen LogP contribution in [0, 0.1) is 6.92 Å². The largest absolute Gasteiger partial charge is 0.459 e. The van der Waals surface area contributed by atoms with Gasteiger partial charge in [0.05, 0.1) is 13.1 Å². The van der Waals surface area contributed by atoms with E-state index in [4.69, 9.17) is 4.42 Å². The number of nitrogens with zero attached hydrogens (tertiary/aromatic N) is 3. The Morgan fingerprint density at radius 2 is 1.89 bits per heavy atom. The monoisotopic (exact) mass is 502 g/mol. The number of nitrogens with one attached hydrogen (secondary N) is 1. The molecule has 7 nitrogen and oxygen atoms in total. The van der Waals surface area contributed by atoms with Gasteiger partial charge >= 0.3 is 0 Å². The maximum atomic E-state index is 12.8. The van der Waals surface area contributed by atoms with Crippen LogP contribution in [-0.2, 0) is 22.7 Å². The van der Waals surface area contributed by atoms with Gasteiger partial charge in [-0.15, -0.1) is 12.4 Å². The van der Waals surface area contributed by atoms with Gasteiger partial charge in [0.2, 0.25) is 11.8 Å². The summed E-state index contributed by atoms with van der Waals surface area (Å²) in [5, 5.41) is 3.94. The first-order chi connectivity index (χ1) is 17.0. The van der Waals surface area contributed by atoms with Gasteiger partial charge in [-0.1, -0.05) is 36.4 Å². The number of rotatable bonds is 5. The van der Waals surface area contributed by atoms with E-state index in [0.29, 0.717) is 18.9 Å². The van der Waals surface area contributed by atoms with Gasteiger partial charge in [-0.3, -0.25) is 9.59 Å². The molecule has 0 bridgehead atoms. The second-order valence-electron chi connectivity index (χ2n) is 8.69. The van der Waals surface area contributed by atoms with Gasteiger partial charge in [-0.05, 0) is 42.8 Å². The van der Waals surface area contributed by atoms with Crippen LogP contribution < -0.4 is 10.2 Å². The predicted octanol–water partition coefficient (Wildman–Crippen LogP) is 5.19. The van der Waals surface area contributed by atoms with Gasteiger partial charge in [-0.2, -0.15) is 0 Å². The lowest BCUT2D eigenvalue weighted by Crippen LogP contribution is -2.29. The smallest absolute Gasteiger partial charge is 0.246 e. The van der Waals surface area contributed by atoms with Crippen molar-refractivity contribution in [3.63, 3.8) is 0 Å². The van der Waals surface area contributed by atoms with E-state index < -0.39 is 0 Å². The highest BCUT2D eigenvalue weighted by atomic mass is 35.5. The lowest BCUT2D eigenvalue weighted by molar-refractivity contribution is -0.125. The summed E-state index contributed by atoms with van der Waals surface area (Å²) in [6.45, 7) is 3.17. The second kappa shape index (κ2) is 10.7. The molecule has 1 aliphatic rings. The van der Waals surface area contributed by atoms with Crippen molar-refractivity contribution in [2.24, 2.45) is 0 Å². The van der Waals surface area contributed by atoms with E-state index in [-0.39, 0.29) is 30.8 Å². The Morgan fingerprint density at radius 3 is 2.67 bits per heavy atom. The fraction of sp³-hybridized carbons (Fsp3) is 0.179. The number of pyridine rings is 1. The first-order valence-corrected chi connectivity index (χ1v) is 11.5. The van der Waals surface area contributed by atoms with Crippen molar-refractivity contribution in [1.82, 2.24) is 9.88 Å². The van der Waals surface area contributed by atoms with Crippen LogP contribution in [0.25, 0.3) is 17.0 Å². The van der Waals surface area contributed by atoms with E-state index in [0.717, 1.165) is 39.1 Å². The van der Waals surface area contributed by atoms with Gasteiger partial charge in [0, 0.05) is 48.1 Å². The number of anilines is 2. The van der Waals surface area contributed by atoms with E-state index in [9.17, 15) is 9.59 Å². The number of hydrogen-bond donors (Lipinski definition) is 1. The fourth-order valence-corrected chi connectivity index (χ4v) is 4.24. The summed E-state index contributed by atoms with van der Waals surface area (Å²) in [4.78, 5) is 33.2. The number of carbonyl (C=O) groups excluding carboxylic acids is 2. The molecule has 0 saturated heterocycles. The minimum atomic E-state index is -0.140. The molecule has 0 spiro atoms. The Hall–Kier alpha value is -4.10. The second-order valence-corrected chi connectivity index (χ2v) is 8.69. The molecular formula is C28H27ClN4O3. The average Bonchev–Trinajstić information content (AvgIpc) is 3.07. The van der Waals surface area contributed by atoms with Crippen LogP contribution in [0.5, 0.6) is 0 Å². The van der Waals surface area contributed by atoms with Crippen LogP contribution in [0.3, 0.4) is 0 Å². The van der Waals surface area contributed by atoms with Gasteiger partial charge in [0.1, 0.15) is 17.2 Å². The number of para-hydroxylation sites is 2. The zero-order valence-corrected chi connectivity index (χ0v) is 20.9. The number of likely N-dealkylation sites (N-methyl/N-ethyl adjacent to an activating group) is 1. The summed E-state index contributed by atoms with van der Waals surface area (Å²) >= 11 is 0. The third kappa shape index (κ3) is 5.26. The number of furan rings is 1. The van der Waals surface area contributed by atoms with Gasteiger partial charge < -0.3 is 19.5 Å². The zero-order valence-electron chi connectivity index (χ0n) is 20.1. The minimum Gasteiger partial charge on any atom is -0.459 e. The number of carbonyl (C=O) groups is 2. The first kappa shape index (κ1) is 25.0. The third-order valence-electron chi connectivity index (χ3n) is 6.18. The van der Waals surface area contributed by atoms with Crippen LogP contribution in [0.15, 0.2) is 77.4 Å². The normalized spacial score (nSPS) is 13.2. The van der Waals surface area contributed by atoms with Crippen molar-refractivity contribution in [3.05, 3.63) is 95.4 Å². The van der Waals surface area contributed by atoms with Gasteiger partial charge in [0.25, 0.3) is 0 Å². The Labute approximate surface area is 215 Å². The van der Waals surface area contributed by atoms with Gasteiger partial charge in [-0.25, -0.2) is 4.98 Å². The van der Waals surface area contributed by atoms with Crippen molar-refractivity contribution < 1.29 is 14.0 Å². The number of hydrogen-bond acceptors (Lipinski definition) is 5. The van der Waals surface area contributed by atoms with E-state index in [1.807, 2.05) is 72.5 Å². The Bertz CT molecular complexity index is 1430. The molecular weight excluding hydrogens is 476 g/mol. The molecule has 0 unspecified atom stereocenters. The highest BCUT2D eigenvalue weighted by Crippen LogP contribution is 2.26. The molecule has 1 aliphatic heterocycles. The Morgan fingerprint density at radius 1 is 1.14 bits per heavy atom. The lowest BCUT2D eigenvalue weighted by atomic mass is 10.1. The molecule has 5 rings (SSSR count). The summed E-state index contributed by atoms with van der Waals surface area (Å²) in [5.74, 6) is 1.08. The van der Waals surface area contributed by atoms with E-state index in [1.54, 1.807) is 24.2 Å². The number of halogens is 1. The van der Waals surface area contributed by atoms with Gasteiger partial charge in [0.15, 0.2) is 0 Å². The molecule has 36 heavy (non-hydrogen) atoms. The Balaban J connectivity index is 0.00000304. The summed E-state index contributed by atoms with van der Waals surface area (Å²) in [5.41, 5.74) is 4.51. The molecule has 1 N–H and O–H groups in total. The summed E-state index contributed by atoms with van der Waals surface area (Å²) < 4.78 is 5.94. The molecule has 184 valence electrons. The molecule has 2 aromatic carbocycles. The van der Waals surface area contributed by atoms with Crippen molar-refractivity contribution in [1.29, 1.82) is 0 Å². The molecule has 2 aromatic heterocycles. The van der Waals surface area contributed by atoms with Crippen LogP contribution >= 0.6 is 12.4 Å². The van der Waals surface area contributed by atoms with Crippen LogP contribution in [0.1, 0.15) is 22.5 Å². The number of aryl methyl sites for hydroxylation is 1. The van der Waals surface area contributed by atoms with Crippen molar-refractivity contribution >= 4 is 52.8 Å². The molecule has 0 atom stereocenters. The standard InChI is InChI=1S/C28H26N4O3.ClH/c1-19-23-10-6-7-11-24(23)35-25(19)17-31(2)27(34)13-12-20-14-21-16-32(22-8-4-3-5-9-22)18-26(33)30-28(21)29-15-20;/h3-15H,16-18H2,1-2H3,(H,29,30,33);1H. The molecule has 0 radical (unpaired) electrons.